The molecule has 0 saturated carbocycles. The highest BCUT2D eigenvalue weighted by Gasteiger charge is 2.15. The van der Waals surface area contributed by atoms with Gasteiger partial charge >= 0.3 is 0 Å². The number of nitrogens with zero attached hydrogens (tertiary/aromatic N) is 3. The third kappa shape index (κ3) is 3.14. The molecule has 0 amide bonds. The molecule has 5 nitrogen and oxygen atoms in total. The van der Waals surface area contributed by atoms with E-state index in [9.17, 15) is 4.79 Å². The van der Waals surface area contributed by atoms with Crippen LogP contribution in [0.4, 0.5) is 5.69 Å². The Labute approximate surface area is 138 Å². The van der Waals surface area contributed by atoms with Crippen molar-refractivity contribution in [2.45, 2.75) is 13.5 Å². The normalized spacial score (nSPS) is 10.7. The molecule has 0 saturated heterocycles. The Morgan fingerprint density at radius 1 is 1.22 bits per heavy atom. The maximum Gasteiger partial charge on any atom is 0.292 e. The summed E-state index contributed by atoms with van der Waals surface area (Å²) < 4.78 is 6.84. The van der Waals surface area contributed by atoms with Gasteiger partial charge < -0.3 is 9.32 Å². The summed E-state index contributed by atoms with van der Waals surface area (Å²) in [7, 11) is 1.84. The molecule has 0 aliphatic carbocycles. The summed E-state index contributed by atoms with van der Waals surface area (Å²) >= 11 is 6.27. The molecule has 0 atom stereocenters. The zero-order chi connectivity index (χ0) is 16.4. The van der Waals surface area contributed by atoms with Gasteiger partial charge in [0.1, 0.15) is 16.5 Å². The van der Waals surface area contributed by atoms with Gasteiger partial charge in [-0.05, 0) is 31.2 Å². The summed E-state index contributed by atoms with van der Waals surface area (Å²) in [5.41, 5.74) is 0.894. The summed E-state index contributed by atoms with van der Waals surface area (Å²) in [6.07, 6.45) is 1.59. The van der Waals surface area contributed by atoms with Crippen molar-refractivity contribution >= 4 is 17.3 Å². The van der Waals surface area contributed by atoms with E-state index in [1.165, 1.54) is 4.68 Å². The average Bonchev–Trinajstić information content (AvgIpc) is 2.95. The van der Waals surface area contributed by atoms with E-state index in [0.29, 0.717) is 17.9 Å². The third-order valence-corrected chi connectivity index (χ3v) is 3.86. The first-order valence-electron chi connectivity index (χ1n) is 7.16. The third-order valence-electron chi connectivity index (χ3n) is 3.50. The van der Waals surface area contributed by atoms with Crippen molar-refractivity contribution in [3.8, 4) is 5.69 Å². The SMILES string of the molecule is Cc1ccc(CN(C)c2cnn(-c3ccccc3)c(=O)c2Cl)o1. The first-order valence-corrected chi connectivity index (χ1v) is 7.54. The molecular formula is C17H16ClN3O2. The fraction of sp³-hybridized carbons (Fsp3) is 0.176. The molecule has 3 aromatic rings. The minimum absolute atomic E-state index is 0.134. The number of aryl methyl sites for hydroxylation is 1. The smallest absolute Gasteiger partial charge is 0.292 e. The van der Waals surface area contributed by atoms with Crippen molar-refractivity contribution in [3.63, 3.8) is 0 Å². The molecular weight excluding hydrogens is 314 g/mol. The molecule has 0 N–H and O–H groups in total. The number of hydrogen-bond acceptors (Lipinski definition) is 4. The van der Waals surface area contributed by atoms with Crippen LogP contribution in [-0.2, 0) is 6.54 Å². The molecule has 2 heterocycles. The topological polar surface area (TPSA) is 51.3 Å². The van der Waals surface area contributed by atoms with E-state index < -0.39 is 0 Å². The largest absolute Gasteiger partial charge is 0.464 e. The van der Waals surface area contributed by atoms with Crippen LogP contribution in [0.1, 0.15) is 11.5 Å². The lowest BCUT2D eigenvalue weighted by atomic mass is 10.3. The van der Waals surface area contributed by atoms with Crippen LogP contribution in [0.3, 0.4) is 0 Å². The Balaban J connectivity index is 1.92. The molecule has 6 heteroatoms. The Morgan fingerprint density at radius 3 is 2.61 bits per heavy atom. The summed E-state index contributed by atoms with van der Waals surface area (Å²) in [6, 6.07) is 13.0. The van der Waals surface area contributed by atoms with Crippen LogP contribution in [0.25, 0.3) is 5.69 Å². The van der Waals surface area contributed by atoms with E-state index in [-0.39, 0.29) is 10.6 Å². The van der Waals surface area contributed by atoms with Crippen molar-refractivity contribution in [3.05, 3.63) is 75.6 Å². The average molecular weight is 330 g/mol. The summed E-state index contributed by atoms with van der Waals surface area (Å²) in [6.45, 7) is 2.39. The fourth-order valence-electron chi connectivity index (χ4n) is 2.33. The van der Waals surface area contributed by atoms with E-state index >= 15 is 0 Å². The second kappa shape index (κ2) is 6.30. The van der Waals surface area contributed by atoms with Gasteiger partial charge in [0, 0.05) is 7.05 Å². The number of halogens is 1. The van der Waals surface area contributed by atoms with Gasteiger partial charge in [0.25, 0.3) is 5.56 Å². The molecule has 0 bridgehead atoms. The van der Waals surface area contributed by atoms with Crippen molar-refractivity contribution in [2.75, 3.05) is 11.9 Å². The molecule has 0 aliphatic heterocycles. The van der Waals surface area contributed by atoms with Crippen molar-refractivity contribution < 1.29 is 4.42 Å². The number of anilines is 1. The summed E-state index contributed by atoms with van der Waals surface area (Å²) in [4.78, 5) is 14.3. The minimum Gasteiger partial charge on any atom is -0.464 e. The summed E-state index contributed by atoms with van der Waals surface area (Å²) in [5.74, 6) is 1.64. The maximum absolute atomic E-state index is 12.5. The van der Waals surface area contributed by atoms with Crippen LogP contribution in [-0.4, -0.2) is 16.8 Å². The molecule has 0 spiro atoms. The van der Waals surface area contributed by atoms with Crippen LogP contribution < -0.4 is 10.5 Å². The monoisotopic (exact) mass is 329 g/mol. The van der Waals surface area contributed by atoms with Crippen LogP contribution >= 0.6 is 11.6 Å². The second-order valence-electron chi connectivity index (χ2n) is 5.26. The van der Waals surface area contributed by atoms with Gasteiger partial charge in [-0.3, -0.25) is 4.79 Å². The molecule has 3 rings (SSSR count). The molecule has 2 aromatic heterocycles. The van der Waals surface area contributed by atoms with E-state index in [4.69, 9.17) is 16.0 Å². The van der Waals surface area contributed by atoms with E-state index in [2.05, 4.69) is 5.10 Å². The van der Waals surface area contributed by atoms with Gasteiger partial charge in [-0.25, -0.2) is 0 Å². The Morgan fingerprint density at radius 2 is 1.96 bits per heavy atom. The van der Waals surface area contributed by atoms with Crippen molar-refractivity contribution in [1.29, 1.82) is 0 Å². The molecule has 1 aromatic carbocycles. The molecule has 0 radical (unpaired) electrons. The second-order valence-corrected chi connectivity index (χ2v) is 5.64. The number of rotatable bonds is 4. The van der Waals surface area contributed by atoms with Gasteiger partial charge in [0.05, 0.1) is 24.1 Å². The van der Waals surface area contributed by atoms with Gasteiger partial charge in [-0.15, -0.1) is 0 Å². The van der Waals surface area contributed by atoms with Gasteiger partial charge in [-0.2, -0.15) is 9.78 Å². The molecule has 0 unspecified atom stereocenters. The fourth-order valence-corrected chi connectivity index (χ4v) is 2.61. The first-order chi connectivity index (χ1) is 11.1. The zero-order valence-corrected chi connectivity index (χ0v) is 13.6. The lowest BCUT2D eigenvalue weighted by Crippen LogP contribution is -2.26. The quantitative estimate of drug-likeness (QED) is 0.736. The lowest BCUT2D eigenvalue weighted by Gasteiger charge is -2.19. The highest BCUT2D eigenvalue weighted by Crippen LogP contribution is 2.22. The number of benzene rings is 1. The molecule has 0 fully saturated rings. The van der Waals surface area contributed by atoms with Crippen molar-refractivity contribution in [2.24, 2.45) is 0 Å². The van der Waals surface area contributed by atoms with E-state index in [1.54, 1.807) is 18.3 Å². The van der Waals surface area contributed by atoms with Crippen LogP contribution in [0.5, 0.6) is 0 Å². The summed E-state index contributed by atoms with van der Waals surface area (Å²) in [5, 5.41) is 4.36. The van der Waals surface area contributed by atoms with E-state index in [1.807, 2.05) is 49.2 Å². The molecule has 23 heavy (non-hydrogen) atoms. The van der Waals surface area contributed by atoms with Gasteiger partial charge in [0.2, 0.25) is 0 Å². The number of hydrogen-bond donors (Lipinski definition) is 0. The molecule has 118 valence electrons. The number of furan rings is 1. The zero-order valence-electron chi connectivity index (χ0n) is 12.9. The maximum atomic E-state index is 12.5. The number of para-hydroxylation sites is 1. The van der Waals surface area contributed by atoms with Crippen LogP contribution in [0.15, 0.2) is 57.9 Å². The molecule has 0 aliphatic rings. The highest BCUT2D eigenvalue weighted by molar-refractivity contribution is 6.33. The Hall–Kier alpha value is -2.53. The van der Waals surface area contributed by atoms with Crippen LogP contribution in [0, 0.1) is 6.92 Å². The van der Waals surface area contributed by atoms with Crippen molar-refractivity contribution in [1.82, 2.24) is 9.78 Å². The lowest BCUT2D eigenvalue weighted by molar-refractivity contribution is 0.481. The number of aromatic nitrogens is 2. The highest BCUT2D eigenvalue weighted by atomic mass is 35.5. The first kappa shape index (κ1) is 15.4. The van der Waals surface area contributed by atoms with Gasteiger partial charge in [-0.1, -0.05) is 29.8 Å². The van der Waals surface area contributed by atoms with E-state index in [0.717, 1.165) is 11.5 Å². The Bertz CT molecular complexity index is 871. The minimum atomic E-state index is -0.349. The standard InChI is InChI=1S/C17H16ClN3O2/c1-12-8-9-14(23-12)11-20(2)15-10-19-21(17(22)16(15)18)13-6-4-3-5-7-13/h3-10H,11H2,1-2H3. The Kier molecular flexibility index (Phi) is 4.21. The predicted molar refractivity (Wildman–Crippen MR) is 90.4 cm³/mol. The van der Waals surface area contributed by atoms with Gasteiger partial charge in [0.15, 0.2) is 0 Å². The van der Waals surface area contributed by atoms with Crippen LogP contribution in [0.2, 0.25) is 5.02 Å². The predicted octanol–water partition coefficient (Wildman–Crippen LogP) is 3.42.